The summed E-state index contributed by atoms with van der Waals surface area (Å²) in [5.41, 5.74) is 2.44. The number of aliphatic hydroxyl groups excluding tert-OH is 1. The summed E-state index contributed by atoms with van der Waals surface area (Å²) in [5, 5.41) is 8.76. The summed E-state index contributed by atoms with van der Waals surface area (Å²) in [5.74, 6) is 6.00. The summed E-state index contributed by atoms with van der Waals surface area (Å²) >= 11 is 0. The molecule has 1 unspecified atom stereocenters. The molecule has 3 heteroatoms. The van der Waals surface area contributed by atoms with Gasteiger partial charge in [-0.15, -0.1) is 0 Å². The molecule has 0 radical (unpaired) electrons. The van der Waals surface area contributed by atoms with Crippen LogP contribution in [0.1, 0.15) is 41.8 Å². The summed E-state index contributed by atoms with van der Waals surface area (Å²) in [6.07, 6.45) is 1.05. The van der Waals surface area contributed by atoms with Crippen molar-refractivity contribution < 1.29 is 9.90 Å². The number of nitrogens with zero attached hydrogens (tertiary/aromatic N) is 1. The van der Waals surface area contributed by atoms with Gasteiger partial charge in [-0.2, -0.15) is 0 Å². The number of carbonyl (C=O) groups excluding carboxylic acids is 1. The maximum atomic E-state index is 12.4. The molecule has 0 saturated heterocycles. The van der Waals surface area contributed by atoms with E-state index in [1.165, 1.54) is 0 Å². The third-order valence-corrected chi connectivity index (χ3v) is 3.42. The molecule has 0 fully saturated rings. The standard InChI is InChI=1S/C17H23NO2/c1-5-13(2)12-18(4)17(20)16-9-8-14(3)15(11-16)7-6-10-19/h8-9,11,13,19H,5,10,12H2,1-4H3. The number of aliphatic hydroxyl groups is 1. The molecule has 1 aromatic carbocycles. The fourth-order valence-corrected chi connectivity index (χ4v) is 1.92. The molecule has 0 aromatic heterocycles. The summed E-state index contributed by atoms with van der Waals surface area (Å²) in [6.45, 7) is 6.78. The van der Waals surface area contributed by atoms with Crippen LogP contribution in [0.4, 0.5) is 0 Å². The van der Waals surface area contributed by atoms with E-state index in [2.05, 4.69) is 25.7 Å². The van der Waals surface area contributed by atoms with Crippen LogP contribution < -0.4 is 0 Å². The molecule has 1 atom stereocenters. The van der Waals surface area contributed by atoms with Crippen molar-refractivity contribution in [1.82, 2.24) is 4.90 Å². The second-order valence-electron chi connectivity index (χ2n) is 5.19. The van der Waals surface area contributed by atoms with Crippen LogP contribution in [0.25, 0.3) is 0 Å². The first kappa shape index (κ1) is 16.3. The normalized spacial score (nSPS) is 11.4. The highest BCUT2D eigenvalue weighted by molar-refractivity contribution is 5.94. The Hall–Kier alpha value is -1.79. The highest BCUT2D eigenvalue weighted by Crippen LogP contribution is 2.13. The molecule has 0 bridgehead atoms. The molecule has 1 amide bonds. The van der Waals surface area contributed by atoms with E-state index < -0.39 is 0 Å². The molecular formula is C17H23NO2. The lowest BCUT2D eigenvalue weighted by molar-refractivity contribution is 0.0775. The van der Waals surface area contributed by atoms with Gasteiger partial charge in [-0.25, -0.2) is 0 Å². The predicted molar refractivity (Wildman–Crippen MR) is 81.6 cm³/mol. The lowest BCUT2D eigenvalue weighted by Crippen LogP contribution is -2.30. The van der Waals surface area contributed by atoms with Gasteiger partial charge in [0, 0.05) is 24.7 Å². The molecule has 108 valence electrons. The van der Waals surface area contributed by atoms with Crippen molar-refractivity contribution in [3.8, 4) is 11.8 Å². The van der Waals surface area contributed by atoms with Crippen molar-refractivity contribution in [3.05, 3.63) is 34.9 Å². The molecule has 0 aliphatic carbocycles. The van der Waals surface area contributed by atoms with Crippen molar-refractivity contribution in [2.24, 2.45) is 5.92 Å². The maximum Gasteiger partial charge on any atom is 0.253 e. The fraction of sp³-hybridized carbons (Fsp3) is 0.471. The van der Waals surface area contributed by atoms with Crippen LogP contribution >= 0.6 is 0 Å². The van der Waals surface area contributed by atoms with Gasteiger partial charge in [0.1, 0.15) is 6.61 Å². The van der Waals surface area contributed by atoms with E-state index in [0.29, 0.717) is 11.5 Å². The molecule has 0 saturated carbocycles. The molecule has 3 nitrogen and oxygen atoms in total. The van der Waals surface area contributed by atoms with Gasteiger partial charge < -0.3 is 10.0 Å². The van der Waals surface area contributed by atoms with E-state index in [0.717, 1.165) is 24.1 Å². The number of amides is 1. The molecule has 0 aliphatic heterocycles. The SMILES string of the molecule is CCC(C)CN(C)C(=O)c1ccc(C)c(C#CCO)c1. The van der Waals surface area contributed by atoms with Gasteiger partial charge in [-0.3, -0.25) is 4.79 Å². The Morgan fingerprint density at radius 2 is 2.15 bits per heavy atom. The minimum Gasteiger partial charge on any atom is -0.384 e. The fourth-order valence-electron chi connectivity index (χ4n) is 1.92. The second kappa shape index (κ2) is 7.72. The van der Waals surface area contributed by atoms with Crippen molar-refractivity contribution >= 4 is 5.91 Å². The number of benzene rings is 1. The summed E-state index contributed by atoms with van der Waals surface area (Å²) in [7, 11) is 1.83. The zero-order valence-corrected chi connectivity index (χ0v) is 12.7. The molecule has 1 rings (SSSR count). The minimum absolute atomic E-state index is 0.0114. The van der Waals surface area contributed by atoms with Gasteiger partial charge >= 0.3 is 0 Å². The van der Waals surface area contributed by atoms with Crippen LogP contribution in [0.3, 0.4) is 0 Å². The van der Waals surface area contributed by atoms with Crippen molar-refractivity contribution in [2.75, 3.05) is 20.2 Å². The van der Waals surface area contributed by atoms with Crippen LogP contribution in [-0.4, -0.2) is 36.1 Å². The molecule has 1 aromatic rings. The molecular weight excluding hydrogens is 250 g/mol. The van der Waals surface area contributed by atoms with Crippen LogP contribution in [0, 0.1) is 24.7 Å². The van der Waals surface area contributed by atoms with E-state index in [1.807, 2.05) is 26.1 Å². The van der Waals surface area contributed by atoms with Crippen LogP contribution in [-0.2, 0) is 0 Å². The van der Waals surface area contributed by atoms with Crippen LogP contribution in [0.5, 0.6) is 0 Å². The molecule has 0 aliphatic rings. The number of aryl methyl sites for hydroxylation is 1. The van der Waals surface area contributed by atoms with E-state index in [1.54, 1.807) is 11.0 Å². The van der Waals surface area contributed by atoms with Gasteiger partial charge in [0.15, 0.2) is 0 Å². The van der Waals surface area contributed by atoms with E-state index in [4.69, 9.17) is 5.11 Å². The Morgan fingerprint density at radius 3 is 2.75 bits per heavy atom. The Labute approximate surface area is 121 Å². The Balaban J connectivity index is 2.93. The topological polar surface area (TPSA) is 40.5 Å². The van der Waals surface area contributed by atoms with Gasteiger partial charge in [0.05, 0.1) is 0 Å². The number of hydrogen-bond acceptors (Lipinski definition) is 2. The van der Waals surface area contributed by atoms with Crippen molar-refractivity contribution in [1.29, 1.82) is 0 Å². The first-order valence-electron chi connectivity index (χ1n) is 6.95. The average Bonchev–Trinajstić information content (AvgIpc) is 2.45. The highest BCUT2D eigenvalue weighted by Gasteiger charge is 2.14. The minimum atomic E-state index is -0.175. The largest absolute Gasteiger partial charge is 0.384 e. The van der Waals surface area contributed by atoms with Gasteiger partial charge in [0.2, 0.25) is 0 Å². The van der Waals surface area contributed by atoms with Crippen LogP contribution in [0.2, 0.25) is 0 Å². The summed E-state index contributed by atoms with van der Waals surface area (Å²) < 4.78 is 0. The monoisotopic (exact) mass is 273 g/mol. The zero-order chi connectivity index (χ0) is 15.1. The number of carbonyl (C=O) groups is 1. The number of rotatable bonds is 4. The van der Waals surface area contributed by atoms with Crippen molar-refractivity contribution in [2.45, 2.75) is 27.2 Å². The molecule has 0 heterocycles. The summed E-state index contributed by atoms with van der Waals surface area (Å²) in [6, 6.07) is 5.52. The van der Waals surface area contributed by atoms with Gasteiger partial charge in [-0.05, 0) is 30.5 Å². The maximum absolute atomic E-state index is 12.4. The molecule has 0 spiro atoms. The van der Waals surface area contributed by atoms with E-state index in [-0.39, 0.29) is 12.5 Å². The summed E-state index contributed by atoms with van der Waals surface area (Å²) in [4.78, 5) is 14.1. The smallest absolute Gasteiger partial charge is 0.253 e. The first-order valence-corrected chi connectivity index (χ1v) is 6.95. The second-order valence-corrected chi connectivity index (χ2v) is 5.19. The molecule has 1 N–H and O–H groups in total. The van der Waals surface area contributed by atoms with E-state index >= 15 is 0 Å². The highest BCUT2D eigenvalue weighted by atomic mass is 16.2. The first-order chi connectivity index (χ1) is 9.49. The third kappa shape index (κ3) is 4.40. The van der Waals surface area contributed by atoms with E-state index in [9.17, 15) is 4.79 Å². The predicted octanol–water partition coefficient (Wildman–Crippen LogP) is 2.46. The Morgan fingerprint density at radius 1 is 1.45 bits per heavy atom. The molecule has 20 heavy (non-hydrogen) atoms. The third-order valence-electron chi connectivity index (χ3n) is 3.42. The number of hydrogen-bond donors (Lipinski definition) is 1. The zero-order valence-electron chi connectivity index (χ0n) is 12.7. The lowest BCUT2D eigenvalue weighted by Gasteiger charge is -2.21. The average molecular weight is 273 g/mol. The Bertz CT molecular complexity index is 526. The van der Waals surface area contributed by atoms with Gasteiger partial charge in [0.25, 0.3) is 5.91 Å². The lowest BCUT2D eigenvalue weighted by atomic mass is 10.0. The van der Waals surface area contributed by atoms with Gasteiger partial charge in [-0.1, -0.05) is 38.2 Å². The quantitative estimate of drug-likeness (QED) is 0.856. The van der Waals surface area contributed by atoms with Crippen LogP contribution in [0.15, 0.2) is 18.2 Å². The van der Waals surface area contributed by atoms with Crippen molar-refractivity contribution in [3.63, 3.8) is 0 Å². The Kier molecular flexibility index (Phi) is 6.27.